The minimum absolute atomic E-state index is 0.135. The Balaban J connectivity index is 1.60. The van der Waals surface area contributed by atoms with E-state index in [0.717, 1.165) is 22.9 Å². The van der Waals surface area contributed by atoms with Crippen LogP contribution in [0.15, 0.2) is 71.6 Å². The van der Waals surface area contributed by atoms with Crippen molar-refractivity contribution in [3.63, 3.8) is 0 Å². The number of thioether (sulfide) groups is 1. The number of amides is 2. The Kier molecular flexibility index (Phi) is 7.11. The van der Waals surface area contributed by atoms with Crippen LogP contribution in [0.2, 0.25) is 15.1 Å². The number of benzene rings is 3. The van der Waals surface area contributed by atoms with E-state index in [-0.39, 0.29) is 16.7 Å². The first-order valence-electron chi connectivity index (χ1n) is 9.56. The van der Waals surface area contributed by atoms with E-state index in [9.17, 15) is 9.59 Å². The van der Waals surface area contributed by atoms with Crippen LogP contribution in [0.3, 0.4) is 0 Å². The van der Waals surface area contributed by atoms with Crippen molar-refractivity contribution in [1.29, 1.82) is 0 Å². The van der Waals surface area contributed by atoms with Crippen molar-refractivity contribution in [2.75, 3.05) is 0 Å². The van der Waals surface area contributed by atoms with Gasteiger partial charge in [-0.05, 0) is 53.2 Å². The van der Waals surface area contributed by atoms with Crippen LogP contribution in [0, 0.1) is 0 Å². The van der Waals surface area contributed by atoms with Gasteiger partial charge < -0.3 is 4.74 Å². The van der Waals surface area contributed by atoms with Crippen LogP contribution in [0.25, 0.3) is 6.08 Å². The molecule has 4 nitrogen and oxygen atoms in total. The van der Waals surface area contributed by atoms with E-state index in [1.165, 1.54) is 4.90 Å². The molecule has 4 rings (SSSR count). The summed E-state index contributed by atoms with van der Waals surface area (Å²) in [4.78, 5) is 26.9. The third-order valence-corrected chi connectivity index (χ3v) is 6.29. The average molecular weight is 505 g/mol. The van der Waals surface area contributed by atoms with Crippen LogP contribution >= 0.6 is 46.6 Å². The summed E-state index contributed by atoms with van der Waals surface area (Å²) in [5, 5.41) is 0.893. The van der Waals surface area contributed by atoms with Gasteiger partial charge in [0.1, 0.15) is 12.4 Å². The van der Waals surface area contributed by atoms with Crippen LogP contribution in [-0.2, 0) is 17.9 Å². The monoisotopic (exact) mass is 503 g/mol. The zero-order valence-corrected chi connectivity index (χ0v) is 19.6. The van der Waals surface area contributed by atoms with Crippen molar-refractivity contribution in [2.45, 2.75) is 13.2 Å². The number of nitrogens with zero attached hydrogens (tertiary/aromatic N) is 1. The zero-order valence-electron chi connectivity index (χ0n) is 16.6. The average Bonchev–Trinajstić information content (AvgIpc) is 3.01. The summed E-state index contributed by atoms with van der Waals surface area (Å²) in [5.74, 6) is -0.00774. The number of imide groups is 1. The highest BCUT2D eigenvalue weighted by atomic mass is 35.5. The maximum absolute atomic E-state index is 12.9. The van der Waals surface area contributed by atoms with Crippen molar-refractivity contribution >= 4 is 63.8 Å². The molecule has 0 unspecified atom stereocenters. The summed E-state index contributed by atoms with van der Waals surface area (Å²) in [6, 6.07) is 19.9. The molecule has 0 atom stereocenters. The molecule has 162 valence electrons. The van der Waals surface area contributed by atoms with E-state index >= 15 is 0 Å². The predicted octanol–water partition coefficient (Wildman–Crippen LogP) is 7.46. The zero-order chi connectivity index (χ0) is 22.7. The van der Waals surface area contributed by atoms with Crippen molar-refractivity contribution in [1.82, 2.24) is 4.90 Å². The number of hydrogen-bond donors (Lipinski definition) is 0. The highest BCUT2D eigenvalue weighted by Crippen LogP contribution is 2.39. The second kappa shape index (κ2) is 10.0. The lowest BCUT2D eigenvalue weighted by Gasteiger charge is -2.13. The van der Waals surface area contributed by atoms with Crippen molar-refractivity contribution in [3.8, 4) is 5.75 Å². The maximum atomic E-state index is 12.9. The van der Waals surface area contributed by atoms with Gasteiger partial charge in [-0.25, -0.2) is 0 Å². The summed E-state index contributed by atoms with van der Waals surface area (Å²) in [7, 11) is 0. The molecule has 0 spiro atoms. The Hall–Kier alpha value is -2.44. The third-order valence-electron chi connectivity index (χ3n) is 4.65. The molecular weight excluding hydrogens is 489 g/mol. The van der Waals surface area contributed by atoms with E-state index in [2.05, 4.69) is 0 Å². The Morgan fingerprint density at radius 2 is 1.62 bits per heavy atom. The molecule has 0 radical (unpaired) electrons. The predicted molar refractivity (Wildman–Crippen MR) is 130 cm³/mol. The molecule has 0 aliphatic carbocycles. The van der Waals surface area contributed by atoms with Gasteiger partial charge in [0.05, 0.1) is 16.5 Å². The van der Waals surface area contributed by atoms with E-state index < -0.39 is 5.91 Å². The first-order valence-corrected chi connectivity index (χ1v) is 11.5. The quantitative estimate of drug-likeness (QED) is 0.327. The van der Waals surface area contributed by atoms with Crippen molar-refractivity contribution in [2.24, 2.45) is 0 Å². The Morgan fingerprint density at radius 1 is 0.875 bits per heavy atom. The SMILES string of the molecule is O=C1S/C(=C\c2cc(Cl)cc(Cl)c2OCc2ccccc2)C(=O)N1Cc1cccc(Cl)c1. The number of rotatable bonds is 6. The van der Waals surface area contributed by atoms with Crippen LogP contribution in [0.4, 0.5) is 4.79 Å². The molecule has 1 aliphatic rings. The van der Waals surface area contributed by atoms with Gasteiger partial charge in [-0.3, -0.25) is 14.5 Å². The second-order valence-corrected chi connectivity index (χ2v) is 9.25. The molecule has 3 aromatic rings. The molecule has 8 heteroatoms. The number of ether oxygens (including phenoxy) is 1. The fraction of sp³-hybridized carbons (Fsp3) is 0.0833. The summed E-state index contributed by atoms with van der Waals surface area (Å²) >= 11 is 19.4. The van der Waals surface area contributed by atoms with E-state index in [1.807, 2.05) is 36.4 Å². The standard InChI is InChI=1S/C24H16Cl3NO3S/c25-18-8-4-7-16(9-18)13-28-23(29)21(32-24(28)30)11-17-10-19(26)12-20(27)22(17)31-14-15-5-2-1-3-6-15/h1-12H,13-14H2/b21-11-. The first kappa shape index (κ1) is 22.7. The van der Waals surface area contributed by atoms with Gasteiger partial charge in [0.25, 0.3) is 11.1 Å². The smallest absolute Gasteiger partial charge is 0.293 e. The fourth-order valence-electron chi connectivity index (χ4n) is 3.16. The number of carbonyl (C=O) groups is 2. The van der Waals surface area contributed by atoms with Gasteiger partial charge in [-0.15, -0.1) is 0 Å². The highest BCUT2D eigenvalue weighted by Gasteiger charge is 2.35. The van der Waals surface area contributed by atoms with Gasteiger partial charge in [0.2, 0.25) is 0 Å². The fourth-order valence-corrected chi connectivity index (χ4v) is 4.77. The molecule has 0 saturated carbocycles. The van der Waals surface area contributed by atoms with Crippen LogP contribution in [0.1, 0.15) is 16.7 Å². The summed E-state index contributed by atoms with van der Waals surface area (Å²) < 4.78 is 5.95. The van der Waals surface area contributed by atoms with Gasteiger partial charge in [0.15, 0.2) is 0 Å². The molecule has 32 heavy (non-hydrogen) atoms. The number of carbonyl (C=O) groups excluding carboxylic acids is 2. The van der Waals surface area contributed by atoms with Crippen LogP contribution < -0.4 is 4.74 Å². The molecule has 2 amide bonds. The van der Waals surface area contributed by atoms with E-state index in [4.69, 9.17) is 39.5 Å². The molecule has 0 aromatic heterocycles. The molecule has 1 saturated heterocycles. The van der Waals surface area contributed by atoms with Gasteiger partial charge in [0, 0.05) is 15.6 Å². The Morgan fingerprint density at radius 3 is 2.38 bits per heavy atom. The van der Waals surface area contributed by atoms with Crippen molar-refractivity contribution in [3.05, 3.63) is 103 Å². The summed E-state index contributed by atoms with van der Waals surface area (Å²) in [5.41, 5.74) is 2.25. The topological polar surface area (TPSA) is 46.6 Å². The molecular formula is C24H16Cl3NO3S. The Labute approximate surface area is 204 Å². The van der Waals surface area contributed by atoms with Crippen LogP contribution in [-0.4, -0.2) is 16.0 Å². The minimum Gasteiger partial charge on any atom is -0.487 e. The maximum Gasteiger partial charge on any atom is 0.293 e. The number of hydrogen-bond acceptors (Lipinski definition) is 4. The highest BCUT2D eigenvalue weighted by molar-refractivity contribution is 8.18. The van der Waals surface area contributed by atoms with E-state index in [1.54, 1.807) is 36.4 Å². The number of halogens is 3. The third kappa shape index (κ3) is 5.30. The second-order valence-electron chi connectivity index (χ2n) is 6.98. The van der Waals surface area contributed by atoms with Gasteiger partial charge in [-0.2, -0.15) is 0 Å². The molecule has 3 aromatic carbocycles. The lowest BCUT2D eigenvalue weighted by molar-refractivity contribution is -0.123. The minimum atomic E-state index is -0.398. The Bertz CT molecular complexity index is 1210. The molecule has 1 heterocycles. The van der Waals surface area contributed by atoms with Gasteiger partial charge in [-0.1, -0.05) is 77.3 Å². The molecule has 0 N–H and O–H groups in total. The van der Waals surface area contributed by atoms with Crippen LogP contribution in [0.5, 0.6) is 5.75 Å². The first-order chi connectivity index (χ1) is 15.4. The molecule has 1 aliphatic heterocycles. The summed E-state index contributed by atoms with van der Waals surface area (Å²) in [6.07, 6.45) is 1.58. The molecule has 0 bridgehead atoms. The lowest BCUT2D eigenvalue weighted by atomic mass is 10.1. The lowest BCUT2D eigenvalue weighted by Crippen LogP contribution is -2.27. The van der Waals surface area contributed by atoms with Crippen molar-refractivity contribution < 1.29 is 14.3 Å². The largest absolute Gasteiger partial charge is 0.487 e. The van der Waals surface area contributed by atoms with E-state index in [0.29, 0.717) is 33.0 Å². The molecule has 1 fully saturated rings. The van der Waals surface area contributed by atoms with Gasteiger partial charge >= 0.3 is 0 Å². The normalized spacial score (nSPS) is 15.0. The summed E-state index contributed by atoms with van der Waals surface area (Å²) in [6.45, 7) is 0.426.